The number of hydrogen-bond acceptors (Lipinski definition) is 3. The van der Waals surface area contributed by atoms with Crippen molar-refractivity contribution in [2.45, 2.75) is 13.8 Å². The van der Waals surface area contributed by atoms with Gasteiger partial charge in [0.25, 0.3) is 0 Å². The zero-order chi connectivity index (χ0) is 10.6. The van der Waals surface area contributed by atoms with E-state index in [0.717, 1.165) is 15.3 Å². The summed E-state index contributed by atoms with van der Waals surface area (Å²) in [5, 5.41) is 13.3. The lowest BCUT2D eigenvalue weighted by molar-refractivity contribution is 0.496. The number of nitriles is 1. The highest BCUT2D eigenvalue weighted by molar-refractivity contribution is 9.11. The Bertz CT molecular complexity index is 327. The predicted octanol–water partition coefficient (Wildman–Crippen LogP) is 3.72. The first-order valence-electron chi connectivity index (χ1n) is 4.52. The third kappa shape index (κ3) is 3.32. The molecule has 0 saturated heterocycles. The van der Waals surface area contributed by atoms with Gasteiger partial charge < -0.3 is 5.32 Å². The number of nitrogens with zero attached hydrogens (tertiary/aromatic N) is 1. The summed E-state index contributed by atoms with van der Waals surface area (Å²) in [6.07, 6.45) is 0. The van der Waals surface area contributed by atoms with E-state index in [1.54, 1.807) is 11.3 Å². The second-order valence-corrected chi connectivity index (χ2v) is 5.93. The maximum atomic E-state index is 8.88. The van der Waals surface area contributed by atoms with Crippen LogP contribution in [-0.2, 0) is 0 Å². The van der Waals surface area contributed by atoms with Crippen LogP contribution in [0.4, 0.5) is 5.00 Å². The van der Waals surface area contributed by atoms with E-state index in [1.165, 1.54) is 0 Å². The first kappa shape index (κ1) is 11.5. The Morgan fingerprint density at radius 3 is 2.71 bits per heavy atom. The fraction of sp³-hybridized carbons (Fsp3) is 0.500. The maximum Gasteiger partial charge on any atom is 0.0894 e. The molecule has 0 spiro atoms. The summed E-state index contributed by atoms with van der Waals surface area (Å²) in [6.45, 7) is 4.86. The number of nitrogens with one attached hydrogen (secondary N) is 1. The van der Waals surface area contributed by atoms with Crippen molar-refractivity contribution in [2.75, 3.05) is 11.9 Å². The quantitative estimate of drug-likeness (QED) is 0.907. The van der Waals surface area contributed by atoms with E-state index in [2.05, 4.69) is 41.2 Å². The van der Waals surface area contributed by atoms with Crippen molar-refractivity contribution in [3.8, 4) is 6.07 Å². The molecule has 1 N–H and O–H groups in total. The second-order valence-electron chi connectivity index (χ2n) is 3.46. The smallest absolute Gasteiger partial charge is 0.0894 e. The minimum Gasteiger partial charge on any atom is -0.376 e. The van der Waals surface area contributed by atoms with Gasteiger partial charge in [0.2, 0.25) is 0 Å². The molecule has 1 atom stereocenters. The van der Waals surface area contributed by atoms with Crippen LogP contribution in [0.25, 0.3) is 0 Å². The fourth-order valence-corrected chi connectivity index (χ4v) is 2.34. The van der Waals surface area contributed by atoms with Gasteiger partial charge in [-0.15, -0.1) is 11.3 Å². The summed E-state index contributed by atoms with van der Waals surface area (Å²) in [7, 11) is 0. The molecule has 1 aromatic heterocycles. The van der Waals surface area contributed by atoms with E-state index in [1.807, 2.05) is 12.1 Å². The lowest BCUT2D eigenvalue weighted by Crippen LogP contribution is -2.17. The maximum absolute atomic E-state index is 8.88. The van der Waals surface area contributed by atoms with Crippen molar-refractivity contribution < 1.29 is 0 Å². The predicted molar refractivity (Wildman–Crippen MR) is 64.4 cm³/mol. The summed E-state index contributed by atoms with van der Waals surface area (Å²) in [5.41, 5.74) is 0. The number of halogens is 1. The van der Waals surface area contributed by atoms with Crippen molar-refractivity contribution in [3.63, 3.8) is 0 Å². The van der Waals surface area contributed by atoms with E-state index in [-0.39, 0.29) is 5.92 Å². The van der Waals surface area contributed by atoms with E-state index in [9.17, 15) is 0 Å². The van der Waals surface area contributed by atoms with Gasteiger partial charge >= 0.3 is 0 Å². The molecule has 1 rings (SSSR count). The van der Waals surface area contributed by atoms with Gasteiger partial charge in [-0.25, -0.2) is 0 Å². The van der Waals surface area contributed by atoms with Gasteiger partial charge in [-0.2, -0.15) is 5.26 Å². The molecule has 0 bridgehead atoms. The lowest BCUT2D eigenvalue weighted by atomic mass is 9.98. The Labute approximate surface area is 97.1 Å². The van der Waals surface area contributed by atoms with Gasteiger partial charge in [0.15, 0.2) is 0 Å². The average Bonchev–Trinajstić information content (AvgIpc) is 2.52. The summed E-state index contributed by atoms with van der Waals surface area (Å²) in [4.78, 5) is 0. The minimum atomic E-state index is 0.0795. The Kier molecular flexibility index (Phi) is 4.43. The Hall–Kier alpha value is -0.530. The van der Waals surface area contributed by atoms with Crippen LogP contribution in [0.2, 0.25) is 0 Å². The van der Waals surface area contributed by atoms with E-state index < -0.39 is 0 Å². The molecule has 4 heteroatoms. The molecule has 1 aromatic rings. The van der Waals surface area contributed by atoms with Gasteiger partial charge in [-0.05, 0) is 34.0 Å². The number of hydrogen-bond donors (Lipinski definition) is 1. The number of thiophene rings is 1. The molecule has 0 aliphatic rings. The molecule has 2 nitrogen and oxygen atoms in total. The summed E-state index contributed by atoms with van der Waals surface area (Å²) >= 11 is 5.05. The van der Waals surface area contributed by atoms with Crippen molar-refractivity contribution >= 4 is 32.3 Å². The molecule has 0 aliphatic heterocycles. The molecular formula is C10H13BrN2S. The van der Waals surface area contributed by atoms with Crippen molar-refractivity contribution in [2.24, 2.45) is 11.8 Å². The molecule has 1 unspecified atom stereocenters. The van der Waals surface area contributed by atoms with Crippen LogP contribution in [0.3, 0.4) is 0 Å². The first-order chi connectivity index (χ1) is 6.63. The standard InChI is InChI=1S/C10H13BrN2S/c1-7(2)8(5-12)6-13-10-4-3-9(11)14-10/h3-4,7-8,13H,6H2,1-2H3. The number of rotatable bonds is 4. The first-order valence-corrected chi connectivity index (χ1v) is 6.13. The Balaban J connectivity index is 2.44. The van der Waals surface area contributed by atoms with E-state index in [4.69, 9.17) is 5.26 Å². The SMILES string of the molecule is CC(C)C(C#N)CNc1ccc(Br)s1. The van der Waals surface area contributed by atoms with Gasteiger partial charge in [0.1, 0.15) is 0 Å². The number of anilines is 1. The molecule has 14 heavy (non-hydrogen) atoms. The monoisotopic (exact) mass is 272 g/mol. The lowest BCUT2D eigenvalue weighted by Gasteiger charge is -2.13. The van der Waals surface area contributed by atoms with Gasteiger partial charge in [-0.3, -0.25) is 0 Å². The fourth-order valence-electron chi connectivity index (χ4n) is 1.05. The molecule has 0 fully saturated rings. The van der Waals surface area contributed by atoms with Crippen LogP contribution < -0.4 is 5.32 Å². The molecule has 0 radical (unpaired) electrons. The Morgan fingerprint density at radius 2 is 2.29 bits per heavy atom. The third-order valence-corrected chi connectivity index (χ3v) is 3.62. The Morgan fingerprint density at radius 1 is 1.57 bits per heavy atom. The van der Waals surface area contributed by atoms with Crippen molar-refractivity contribution in [3.05, 3.63) is 15.9 Å². The van der Waals surface area contributed by atoms with Crippen LogP contribution in [-0.4, -0.2) is 6.54 Å². The zero-order valence-electron chi connectivity index (χ0n) is 8.25. The van der Waals surface area contributed by atoms with Crippen LogP contribution in [0, 0.1) is 23.2 Å². The van der Waals surface area contributed by atoms with Crippen molar-refractivity contribution in [1.82, 2.24) is 0 Å². The highest BCUT2D eigenvalue weighted by Gasteiger charge is 2.11. The van der Waals surface area contributed by atoms with Gasteiger partial charge in [0, 0.05) is 6.54 Å². The van der Waals surface area contributed by atoms with E-state index in [0.29, 0.717) is 5.92 Å². The largest absolute Gasteiger partial charge is 0.376 e. The van der Waals surface area contributed by atoms with E-state index >= 15 is 0 Å². The van der Waals surface area contributed by atoms with Crippen LogP contribution in [0.1, 0.15) is 13.8 Å². The third-order valence-electron chi connectivity index (χ3n) is 2.04. The highest BCUT2D eigenvalue weighted by atomic mass is 79.9. The summed E-state index contributed by atoms with van der Waals surface area (Å²) in [5.74, 6) is 0.478. The summed E-state index contributed by atoms with van der Waals surface area (Å²) in [6, 6.07) is 6.33. The van der Waals surface area contributed by atoms with Crippen molar-refractivity contribution in [1.29, 1.82) is 5.26 Å². The topological polar surface area (TPSA) is 35.8 Å². The van der Waals surface area contributed by atoms with Gasteiger partial charge in [-0.1, -0.05) is 13.8 Å². The molecule has 0 amide bonds. The summed E-state index contributed by atoms with van der Waals surface area (Å²) < 4.78 is 1.11. The minimum absolute atomic E-state index is 0.0795. The molecule has 0 saturated carbocycles. The molecular weight excluding hydrogens is 260 g/mol. The van der Waals surface area contributed by atoms with Gasteiger partial charge in [0.05, 0.1) is 20.8 Å². The molecule has 1 heterocycles. The molecule has 76 valence electrons. The second kappa shape index (κ2) is 5.38. The van der Waals surface area contributed by atoms with Crippen LogP contribution >= 0.6 is 27.3 Å². The zero-order valence-corrected chi connectivity index (χ0v) is 10.7. The van der Waals surface area contributed by atoms with Crippen LogP contribution in [0.5, 0.6) is 0 Å². The molecule has 0 aromatic carbocycles. The van der Waals surface area contributed by atoms with Crippen LogP contribution in [0.15, 0.2) is 15.9 Å². The average molecular weight is 273 g/mol. The normalized spacial score (nSPS) is 12.5. The highest BCUT2D eigenvalue weighted by Crippen LogP contribution is 2.26. The molecule has 0 aliphatic carbocycles.